The lowest BCUT2D eigenvalue weighted by Crippen LogP contribution is -2.23. The van der Waals surface area contributed by atoms with E-state index in [0.717, 1.165) is 10.7 Å². The van der Waals surface area contributed by atoms with Gasteiger partial charge in [0.15, 0.2) is 5.69 Å². The lowest BCUT2D eigenvalue weighted by Gasteiger charge is -1.98. The van der Waals surface area contributed by atoms with Gasteiger partial charge in [-0.2, -0.15) is 0 Å². The number of hydrogen-bond donors (Lipinski definition) is 1. The number of nitrogens with one attached hydrogen (secondary N) is 1. The molecule has 16 heavy (non-hydrogen) atoms. The Labute approximate surface area is 96.3 Å². The molecule has 2 aromatic heterocycles. The van der Waals surface area contributed by atoms with Crippen LogP contribution >= 0.6 is 11.3 Å². The van der Waals surface area contributed by atoms with Crippen LogP contribution in [0.15, 0.2) is 11.6 Å². The van der Waals surface area contributed by atoms with E-state index in [-0.39, 0.29) is 5.91 Å². The van der Waals surface area contributed by atoms with E-state index in [4.69, 9.17) is 0 Å². The molecule has 0 unspecified atom stereocenters. The van der Waals surface area contributed by atoms with Crippen LogP contribution in [0.1, 0.15) is 21.2 Å². The molecule has 0 aliphatic carbocycles. The number of thiazole rings is 1. The number of aromatic nitrogens is 4. The Morgan fingerprint density at radius 1 is 1.62 bits per heavy atom. The fraction of sp³-hybridized carbons (Fsp3) is 0.333. The fourth-order valence-electron chi connectivity index (χ4n) is 1.18. The van der Waals surface area contributed by atoms with Crippen molar-refractivity contribution in [3.05, 3.63) is 28.0 Å². The highest BCUT2D eigenvalue weighted by atomic mass is 32.1. The molecule has 7 heteroatoms. The standard InChI is InChI=1S/C9H11N5OS/c1-6-5-16-8(11-6)3-10-9(15)7-4-14(2)13-12-7/h4-5H,3H2,1-2H3,(H,10,15). The van der Waals surface area contributed by atoms with Gasteiger partial charge >= 0.3 is 0 Å². The maximum Gasteiger partial charge on any atom is 0.273 e. The van der Waals surface area contributed by atoms with E-state index in [1.165, 1.54) is 16.0 Å². The highest BCUT2D eigenvalue weighted by Crippen LogP contribution is 2.08. The first kappa shape index (κ1) is 10.7. The summed E-state index contributed by atoms with van der Waals surface area (Å²) in [5.74, 6) is -0.235. The van der Waals surface area contributed by atoms with Crippen molar-refractivity contribution in [2.75, 3.05) is 0 Å². The van der Waals surface area contributed by atoms with Crippen LogP contribution in [-0.2, 0) is 13.6 Å². The first-order valence-electron chi connectivity index (χ1n) is 4.70. The van der Waals surface area contributed by atoms with Gasteiger partial charge in [0, 0.05) is 18.1 Å². The van der Waals surface area contributed by atoms with Gasteiger partial charge in [-0.3, -0.25) is 9.48 Å². The van der Waals surface area contributed by atoms with Crippen molar-refractivity contribution in [2.45, 2.75) is 13.5 Å². The molecule has 2 rings (SSSR count). The van der Waals surface area contributed by atoms with Crippen molar-refractivity contribution < 1.29 is 4.79 Å². The maximum absolute atomic E-state index is 11.6. The second-order valence-electron chi connectivity index (χ2n) is 3.34. The molecule has 0 spiro atoms. The van der Waals surface area contributed by atoms with Crippen molar-refractivity contribution in [3.63, 3.8) is 0 Å². The quantitative estimate of drug-likeness (QED) is 0.844. The Bertz CT molecular complexity index is 503. The summed E-state index contributed by atoms with van der Waals surface area (Å²) in [5, 5.41) is 13.0. The van der Waals surface area contributed by atoms with E-state index in [2.05, 4.69) is 20.6 Å². The Kier molecular flexibility index (Phi) is 2.95. The van der Waals surface area contributed by atoms with Crippen LogP contribution < -0.4 is 5.32 Å². The van der Waals surface area contributed by atoms with Gasteiger partial charge in [0.2, 0.25) is 0 Å². The van der Waals surface area contributed by atoms with Crippen LogP contribution in [0.2, 0.25) is 0 Å². The van der Waals surface area contributed by atoms with Crippen LogP contribution in [0.5, 0.6) is 0 Å². The van der Waals surface area contributed by atoms with Gasteiger partial charge in [0.25, 0.3) is 5.91 Å². The van der Waals surface area contributed by atoms with E-state index >= 15 is 0 Å². The van der Waals surface area contributed by atoms with E-state index in [1.54, 1.807) is 13.2 Å². The van der Waals surface area contributed by atoms with Crippen LogP contribution in [-0.4, -0.2) is 25.9 Å². The summed E-state index contributed by atoms with van der Waals surface area (Å²) < 4.78 is 1.49. The second-order valence-corrected chi connectivity index (χ2v) is 4.29. The van der Waals surface area contributed by atoms with Gasteiger partial charge in [-0.25, -0.2) is 4.98 Å². The summed E-state index contributed by atoms with van der Waals surface area (Å²) in [5.41, 5.74) is 1.28. The molecule has 2 heterocycles. The van der Waals surface area contributed by atoms with Gasteiger partial charge in [-0.15, -0.1) is 16.4 Å². The van der Waals surface area contributed by atoms with Crippen LogP contribution in [0, 0.1) is 6.92 Å². The molecule has 0 atom stereocenters. The predicted octanol–water partition coefficient (Wildman–Crippen LogP) is 0.510. The Hall–Kier alpha value is -1.76. The molecule has 0 saturated carbocycles. The Morgan fingerprint density at radius 2 is 2.44 bits per heavy atom. The molecule has 2 aromatic rings. The van der Waals surface area contributed by atoms with Crippen LogP contribution in [0.3, 0.4) is 0 Å². The second kappa shape index (κ2) is 4.40. The molecule has 6 nitrogen and oxygen atoms in total. The van der Waals surface area contributed by atoms with Crippen molar-refractivity contribution in [1.29, 1.82) is 0 Å². The molecular formula is C9H11N5OS. The van der Waals surface area contributed by atoms with Gasteiger partial charge in [0.05, 0.1) is 12.7 Å². The molecule has 0 radical (unpaired) electrons. The van der Waals surface area contributed by atoms with Crippen molar-refractivity contribution in [3.8, 4) is 0 Å². The number of amides is 1. The number of carbonyl (C=O) groups is 1. The molecule has 1 amide bonds. The molecule has 0 aliphatic heterocycles. The number of hydrogen-bond acceptors (Lipinski definition) is 5. The minimum atomic E-state index is -0.235. The predicted molar refractivity (Wildman–Crippen MR) is 59.0 cm³/mol. The number of nitrogens with zero attached hydrogens (tertiary/aromatic N) is 4. The molecule has 0 saturated heterocycles. The zero-order valence-electron chi connectivity index (χ0n) is 8.97. The first-order chi connectivity index (χ1) is 7.65. The molecular weight excluding hydrogens is 226 g/mol. The van der Waals surface area contributed by atoms with E-state index in [0.29, 0.717) is 12.2 Å². The summed E-state index contributed by atoms with van der Waals surface area (Å²) >= 11 is 1.52. The topological polar surface area (TPSA) is 72.7 Å². The lowest BCUT2D eigenvalue weighted by atomic mass is 10.4. The normalized spacial score (nSPS) is 10.4. The summed E-state index contributed by atoms with van der Waals surface area (Å²) in [6, 6.07) is 0. The Balaban J connectivity index is 1.93. The van der Waals surface area contributed by atoms with Gasteiger partial charge < -0.3 is 5.32 Å². The number of aryl methyl sites for hydroxylation is 2. The molecule has 84 valence electrons. The highest BCUT2D eigenvalue weighted by molar-refractivity contribution is 7.09. The molecule has 0 bridgehead atoms. The van der Waals surface area contributed by atoms with Crippen LogP contribution in [0.4, 0.5) is 0 Å². The van der Waals surface area contributed by atoms with Gasteiger partial charge in [0.1, 0.15) is 5.01 Å². The summed E-state index contributed by atoms with van der Waals surface area (Å²) in [4.78, 5) is 15.8. The maximum atomic E-state index is 11.6. The van der Waals surface area contributed by atoms with E-state index in [9.17, 15) is 4.79 Å². The van der Waals surface area contributed by atoms with Crippen LogP contribution in [0.25, 0.3) is 0 Å². The summed E-state index contributed by atoms with van der Waals surface area (Å²) in [7, 11) is 1.72. The smallest absolute Gasteiger partial charge is 0.273 e. The third-order valence-electron chi connectivity index (χ3n) is 1.90. The third kappa shape index (κ3) is 2.43. The van der Waals surface area contributed by atoms with Gasteiger partial charge in [-0.1, -0.05) is 5.21 Å². The van der Waals surface area contributed by atoms with Gasteiger partial charge in [-0.05, 0) is 6.92 Å². The van der Waals surface area contributed by atoms with Crippen molar-refractivity contribution in [2.24, 2.45) is 7.05 Å². The molecule has 0 fully saturated rings. The minimum Gasteiger partial charge on any atom is -0.344 e. The average Bonchev–Trinajstić information content (AvgIpc) is 2.84. The minimum absolute atomic E-state index is 0.235. The van der Waals surface area contributed by atoms with E-state index < -0.39 is 0 Å². The zero-order valence-corrected chi connectivity index (χ0v) is 9.78. The lowest BCUT2D eigenvalue weighted by molar-refractivity contribution is 0.0946. The third-order valence-corrected chi connectivity index (χ3v) is 2.87. The largest absolute Gasteiger partial charge is 0.344 e. The number of rotatable bonds is 3. The molecule has 1 N–H and O–H groups in total. The van der Waals surface area contributed by atoms with Crippen molar-refractivity contribution >= 4 is 17.2 Å². The molecule has 0 aromatic carbocycles. The average molecular weight is 237 g/mol. The fourth-order valence-corrected chi connectivity index (χ4v) is 1.89. The first-order valence-corrected chi connectivity index (χ1v) is 5.58. The Morgan fingerprint density at radius 3 is 3.00 bits per heavy atom. The highest BCUT2D eigenvalue weighted by Gasteiger charge is 2.09. The SMILES string of the molecule is Cc1csc(CNC(=O)c2cn(C)nn2)n1. The monoisotopic (exact) mass is 237 g/mol. The van der Waals surface area contributed by atoms with E-state index in [1.807, 2.05) is 12.3 Å². The summed E-state index contributed by atoms with van der Waals surface area (Å²) in [6.07, 6.45) is 1.57. The molecule has 0 aliphatic rings. The van der Waals surface area contributed by atoms with Crippen molar-refractivity contribution in [1.82, 2.24) is 25.3 Å². The zero-order chi connectivity index (χ0) is 11.5. The summed E-state index contributed by atoms with van der Waals surface area (Å²) in [6.45, 7) is 2.35. The number of carbonyl (C=O) groups excluding carboxylic acids is 1.